The SMILES string of the molecule is CC.CC.CNCCCOCCCCC(C)=O. The van der Waals surface area contributed by atoms with Crippen molar-refractivity contribution in [1.29, 1.82) is 0 Å². The van der Waals surface area contributed by atoms with Crippen LogP contribution in [-0.4, -0.2) is 32.6 Å². The summed E-state index contributed by atoms with van der Waals surface area (Å²) in [6.07, 6.45) is 3.71. The van der Waals surface area contributed by atoms with Gasteiger partial charge in [0, 0.05) is 19.6 Å². The average Bonchev–Trinajstić information content (AvgIpc) is 2.37. The highest BCUT2D eigenvalue weighted by Crippen LogP contribution is 1.96. The summed E-state index contributed by atoms with van der Waals surface area (Å²) in [5.74, 6) is 0.273. The van der Waals surface area contributed by atoms with Gasteiger partial charge in [-0.15, -0.1) is 0 Å². The molecule has 0 saturated carbocycles. The summed E-state index contributed by atoms with van der Waals surface area (Å²) in [6, 6.07) is 0. The number of ketones is 1. The number of carbonyl (C=O) groups is 1. The van der Waals surface area contributed by atoms with Gasteiger partial charge in [-0.05, 0) is 39.8 Å². The second kappa shape index (κ2) is 24.7. The first kappa shape index (κ1) is 21.8. The van der Waals surface area contributed by atoms with Crippen molar-refractivity contribution in [2.24, 2.45) is 0 Å². The van der Waals surface area contributed by atoms with Crippen molar-refractivity contribution >= 4 is 5.78 Å². The molecule has 0 aliphatic carbocycles. The van der Waals surface area contributed by atoms with Crippen molar-refractivity contribution in [2.45, 2.75) is 60.3 Å². The Bertz CT molecular complexity index is 127. The van der Waals surface area contributed by atoms with Crippen LogP contribution in [0.5, 0.6) is 0 Å². The maximum atomic E-state index is 10.6. The van der Waals surface area contributed by atoms with E-state index in [-0.39, 0.29) is 5.78 Å². The van der Waals surface area contributed by atoms with E-state index in [9.17, 15) is 4.79 Å². The van der Waals surface area contributed by atoms with E-state index in [0.29, 0.717) is 6.42 Å². The zero-order chi connectivity index (χ0) is 13.9. The Morgan fingerprint density at radius 3 is 2.00 bits per heavy atom. The number of unbranched alkanes of at least 4 members (excludes halogenated alkanes) is 1. The smallest absolute Gasteiger partial charge is 0.129 e. The largest absolute Gasteiger partial charge is 0.381 e. The van der Waals surface area contributed by atoms with E-state index in [1.807, 2.05) is 34.7 Å². The van der Waals surface area contributed by atoms with E-state index in [2.05, 4.69) is 5.32 Å². The van der Waals surface area contributed by atoms with Crippen LogP contribution < -0.4 is 5.32 Å². The van der Waals surface area contributed by atoms with E-state index in [4.69, 9.17) is 4.74 Å². The Morgan fingerprint density at radius 1 is 1.00 bits per heavy atom. The van der Waals surface area contributed by atoms with Crippen molar-refractivity contribution in [1.82, 2.24) is 5.32 Å². The van der Waals surface area contributed by atoms with Gasteiger partial charge in [0.05, 0.1) is 0 Å². The number of hydrogen-bond donors (Lipinski definition) is 1. The third-order valence-electron chi connectivity index (χ3n) is 1.78. The van der Waals surface area contributed by atoms with Gasteiger partial charge in [-0.2, -0.15) is 0 Å². The molecule has 0 aromatic carbocycles. The number of Topliss-reactive ketones (excluding diaryl/α,β-unsaturated/α-hetero) is 1. The van der Waals surface area contributed by atoms with Crippen LogP contribution in [0.15, 0.2) is 0 Å². The van der Waals surface area contributed by atoms with E-state index in [1.165, 1.54) is 0 Å². The molecule has 3 heteroatoms. The van der Waals surface area contributed by atoms with Crippen LogP contribution in [0.1, 0.15) is 60.3 Å². The predicted molar refractivity (Wildman–Crippen MR) is 76.6 cm³/mol. The molecule has 17 heavy (non-hydrogen) atoms. The van der Waals surface area contributed by atoms with Gasteiger partial charge < -0.3 is 14.8 Å². The molecule has 0 aliphatic heterocycles. The molecule has 0 radical (unpaired) electrons. The van der Waals surface area contributed by atoms with Gasteiger partial charge in [-0.25, -0.2) is 0 Å². The maximum Gasteiger partial charge on any atom is 0.129 e. The van der Waals surface area contributed by atoms with Gasteiger partial charge >= 0.3 is 0 Å². The second-order valence-electron chi connectivity index (χ2n) is 3.23. The van der Waals surface area contributed by atoms with Crippen molar-refractivity contribution in [3.63, 3.8) is 0 Å². The first-order chi connectivity index (χ1) is 8.27. The van der Waals surface area contributed by atoms with Crippen LogP contribution in [0, 0.1) is 0 Å². The van der Waals surface area contributed by atoms with Crippen molar-refractivity contribution in [3.8, 4) is 0 Å². The molecule has 0 spiro atoms. The molecule has 0 bridgehead atoms. The summed E-state index contributed by atoms with van der Waals surface area (Å²) < 4.78 is 5.37. The topological polar surface area (TPSA) is 38.3 Å². The number of nitrogens with one attached hydrogen (secondary N) is 1. The molecule has 0 saturated heterocycles. The van der Waals surface area contributed by atoms with Gasteiger partial charge in [0.25, 0.3) is 0 Å². The number of carbonyl (C=O) groups excluding carboxylic acids is 1. The molecule has 0 aliphatic rings. The summed E-state index contributed by atoms with van der Waals surface area (Å²) in [7, 11) is 1.94. The minimum Gasteiger partial charge on any atom is -0.381 e. The fourth-order valence-corrected chi connectivity index (χ4v) is 1.03. The van der Waals surface area contributed by atoms with E-state index in [1.54, 1.807) is 6.92 Å². The lowest BCUT2D eigenvalue weighted by Gasteiger charge is -2.02. The molecular formula is C14H33NO2. The lowest BCUT2D eigenvalue weighted by atomic mass is 10.2. The van der Waals surface area contributed by atoms with E-state index in [0.717, 1.165) is 39.0 Å². The number of hydrogen-bond acceptors (Lipinski definition) is 3. The highest BCUT2D eigenvalue weighted by molar-refractivity contribution is 5.75. The third-order valence-corrected chi connectivity index (χ3v) is 1.78. The van der Waals surface area contributed by atoms with Gasteiger partial charge in [-0.3, -0.25) is 0 Å². The van der Waals surface area contributed by atoms with Crippen molar-refractivity contribution < 1.29 is 9.53 Å². The highest BCUT2D eigenvalue weighted by atomic mass is 16.5. The first-order valence-corrected chi connectivity index (χ1v) is 6.99. The van der Waals surface area contributed by atoms with Gasteiger partial charge in [-0.1, -0.05) is 27.7 Å². The normalized spacial score (nSPS) is 8.59. The zero-order valence-corrected chi connectivity index (χ0v) is 12.8. The quantitative estimate of drug-likeness (QED) is 0.634. The molecular weight excluding hydrogens is 214 g/mol. The monoisotopic (exact) mass is 247 g/mol. The number of rotatable bonds is 9. The molecule has 0 atom stereocenters. The maximum absolute atomic E-state index is 10.6. The fraction of sp³-hybridized carbons (Fsp3) is 0.929. The summed E-state index contributed by atoms with van der Waals surface area (Å²) in [6.45, 7) is 12.2. The molecule has 0 amide bonds. The van der Waals surface area contributed by atoms with Crippen LogP contribution in [-0.2, 0) is 9.53 Å². The summed E-state index contributed by atoms with van der Waals surface area (Å²) >= 11 is 0. The van der Waals surface area contributed by atoms with Gasteiger partial charge in [0.1, 0.15) is 5.78 Å². The van der Waals surface area contributed by atoms with Crippen LogP contribution >= 0.6 is 0 Å². The van der Waals surface area contributed by atoms with Crippen LogP contribution in [0.25, 0.3) is 0 Å². The van der Waals surface area contributed by atoms with Crippen LogP contribution in [0.3, 0.4) is 0 Å². The Morgan fingerprint density at radius 2 is 1.53 bits per heavy atom. The molecule has 1 N–H and O–H groups in total. The van der Waals surface area contributed by atoms with Crippen LogP contribution in [0.4, 0.5) is 0 Å². The molecule has 0 unspecified atom stereocenters. The summed E-state index contributed by atoms with van der Waals surface area (Å²) in [5.41, 5.74) is 0. The molecule has 0 fully saturated rings. The Labute approximate surface area is 108 Å². The molecule has 0 rings (SSSR count). The lowest BCUT2D eigenvalue weighted by Crippen LogP contribution is -2.10. The fourth-order valence-electron chi connectivity index (χ4n) is 1.03. The summed E-state index contributed by atoms with van der Waals surface area (Å²) in [4.78, 5) is 10.6. The summed E-state index contributed by atoms with van der Waals surface area (Å²) in [5, 5.41) is 3.06. The number of ether oxygens (including phenoxy) is 1. The van der Waals surface area contributed by atoms with E-state index < -0.39 is 0 Å². The minimum atomic E-state index is 0.273. The predicted octanol–water partition coefficient (Wildman–Crippen LogP) is 3.42. The molecule has 0 heterocycles. The minimum absolute atomic E-state index is 0.273. The molecule has 3 nitrogen and oxygen atoms in total. The lowest BCUT2D eigenvalue weighted by molar-refractivity contribution is -0.117. The highest BCUT2D eigenvalue weighted by Gasteiger charge is 1.93. The third kappa shape index (κ3) is 31.3. The van der Waals surface area contributed by atoms with Crippen molar-refractivity contribution in [3.05, 3.63) is 0 Å². The zero-order valence-electron chi connectivity index (χ0n) is 12.8. The Balaban J connectivity index is -0.000000439. The molecule has 0 aromatic heterocycles. The van der Waals surface area contributed by atoms with Gasteiger partial charge in [0.2, 0.25) is 0 Å². The van der Waals surface area contributed by atoms with Crippen LogP contribution in [0.2, 0.25) is 0 Å². The Hall–Kier alpha value is -0.410. The van der Waals surface area contributed by atoms with Crippen molar-refractivity contribution in [2.75, 3.05) is 26.8 Å². The Kier molecular flexibility index (Phi) is 31.7. The molecule has 106 valence electrons. The average molecular weight is 247 g/mol. The second-order valence-corrected chi connectivity index (χ2v) is 3.23. The van der Waals surface area contributed by atoms with E-state index >= 15 is 0 Å². The standard InChI is InChI=1S/C10H21NO2.2C2H6/c1-10(12)6-3-4-8-13-9-5-7-11-2;2*1-2/h11H,3-9H2,1-2H3;2*1-2H3. The van der Waals surface area contributed by atoms with Gasteiger partial charge in [0.15, 0.2) is 0 Å². The first-order valence-electron chi connectivity index (χ1n) is 6.99. The molecule has 0 aromatic rings.